The third-order valence-corrected chi connectivity index (χ3v) is 5.96. The second-order valence-corrected chi connectivity index (χ2v) is 8.19. The largest absolute Gasteiger partial charge is 0.495 e. The molecule has 2 aromatic rings. The normalized spacial score (nSPS) is 10.7. The van der Waals surface area contributed by atoms with Crippen LogP contribution in [0.4, 0.5) is 10.8 Å². The highest BCUT2D eigenvalue weighted by Crippen LogP contribution is 2.29. The zero-order valence-corrected chi connectivity index (χ0v) is 17.6. The molecule has 0 spiro atoms. The Bertz CT molecular complexity index is 796. The Morgan fingerprint density at radius 3 is 2.67 bits per heavy atom. The van der Waals surface area contributed by atoms with Gasteiger partial charge in [-0.25, -0.2) is 0 Å². The molecule has 1 aromatic heterocycles. The first-order valence-electron chi connectivity index (χ1n) is 8.37. The lowest BCUT2D eigenvalue weighted by Gasteiger charge is -2.10. The van der Waals surface area contributed by atoms with Gasteiger partial charge in [-0.15, -0.1) is 10.2 Å². The van der Waals surface area contributed by atoms with E-state index in [4.69, 9.17) is 16.3 Å². The molecule has 0 aliphatic rings. The predicted octanol–water partition coefficient (Wildman–Crippen LogP) is 4.31. The molecule has 1 heterocycles. The molecular formula is C17H21ClN4O3S2. The van der Waals surface area contributed by atoms with Crippen LogP contribution in [0.2, 0.25) is 5.02 Å². The van der Waals surface area contributed by atoms with E-state index in [1.807, 2.05) is 13.8 Å². The second-order valence-electron chi connectivity index (χ2n) is 5.56. The monoisotopic (exact) mass is 428 g/mol. The van der Waals surface area contributed by atoms with Gasteiger partial charge in [-0.2, -0.15) is 0 Å². The summed E-state index contributed by atoms with van der Waals surface area (Å²) in [5.74, 6) is 0.352. The van der Waals surface area contributed by atoms with Crippen LogP contribution in [0.25, 0.3) is 0 Å². The number of halogens is 1. The van der Waals surface area contributed by atoms with Crippen molar-refractivity contribution in [1.29, 1.82) is 0 Å². The Labute approximate surface area is 171 Å². The van der Waals surface area contributed by atoms with Gasteiger partial charge in [-0.1, -0.05) is 48.5 Å². The summed E-state index contributed by atoms with van der Waals surface area (Å²) in [5.41, 5.74) is 0.506. The first kappa shape index (κ1) is 21.5. The fraction of sp³-hybridized carbons (Fsp3) is 0.412. The number of methoxy groups -OCH3 is 1. The number of ether oxygens (including phenoxy) is 1. The molecule has 2 N–H and O–H groups in total. The lowest BCUT2D eigenvalue weighted by molar-refractivity contribution is -0.120. The van der Waals surface area contributed by atoms with E-state index in [-0.39, 0.29) is 23.5 Å². The van der Waals surface area contributed by atoms with Gasteiger partial charge in [0.15, 0.2) is 4.34 Å². The van der Waals surface area contributed by atoms with Crippen molar-refractivity contribution in [3.05, 3.63) is 23.2 Å². The van der Waals surface area contributed by atoms with Crippen molar-refractivity contribution in [3.8, 4) is 5.75 Å². The summed E-state index contributed by atoms with van der Waals surface area (Å²) in [6, 6.07) is 4.99. The lowest BCUT2D eigenvalue weighted by Crippen LogP contribution is -2.21. The Morgan fingerprint density at radius 2 is 2.00 bits per heavy atom. The summed E-state index contributed by atoms with van der Waals surface area (Å²) >= 11 is 8.44. The van der Waals surface area contributed by atoms with Gasteiger partial charge in [-0.3, -0.25) is 9.59 Å². The van der Waals surface area contributed by atoms with Gasteiger partial charge in [-0.05, 0) is 31.0 Å². The van der Waals surface area contributed by atoms with Crippen molar-refractivity contribution in [3.63, 3.8) is 0 Å². The highest BCUT2D eigenvalue weighted by atomic mass is 35.5. The van der Waals surface area contributed by atoms with Crippen LogP contribution < -0.4 is 15.4 Å². The number of carbonyl (C=O) groups is 2. The number of aromatic nitrogens is 2. The van der Waals surface area contributed by atoms with Crippen molar-refractivity contribution in [2.24, 2.45) is 5.92 Å². The molecule has 0 saturated heterocycles. The van der Waals surface area contributed by atoms with Crippen LogP contribution in [0.3, 0.4) is 0 Å². The maximum Gasteiger partial charge on any atom is 0.234 e. The molecular weight excluding hydrogens is 408 g/mol. The first-order chi connectivity index (χ1) is 13.0. The van der Waals surface area contributed by atoms with Crippen LogP contribution in [0.15, 0.2) is 22.5 Å². The molecule has 2 amide bonds. The van der Waals surface area contributed by atoms with E-state index in [2.05, 4.69) is 20.8 Å². The van der Waals surface area contributed by atoms with Crippen LogP contribution >= 0.6 is 34.7 Å². The molecule has 0 radical (unpaired) electrons. The van der Waals surface area contributed by atoms with Gasteiger partial charge >= 0.3 is 0 Å². The maximum absolute atomic E-state index is 12.2. The average molecular weight is 429 g/mol. The zero-order chi connectivity index (χ0) is 19.8. The Hall–Kier alpha value is -1.84. The minimum absolute atomic E-state index is 0.0385. The number of rotatable bonds is 9. The third-order valence-electron chi connectivity index (χ3n) is 3.76. The Morgan fingerprint density at radius 1 is 1.26 bits per heavy atom. The van der Waals surface area contributed by atoms with E-state index in [0.717, 1.165) is 12.8 Å². The molecule has 1 aromatic carbocycles. The number of anilines is 2. The van der Waals surface area contributed by atoms with E-state index < -0.39 is 0 Å². The number of nitrogens with zero attached hydrogens (tertiary/aromatic N) is 2. The van der Waals surface area contributed by atoms with E-state index in [9.17, 15) is 9.59 Å². The van der Waals surface area contributed by atoms with E-state index in [1.165, 1.54) is 30.2 Å². The number of nitrogens with one attached hydrogen (secondary N) is 2. The third kappa shape index (κ3) is 6.37. The number of hydrogen-bond acceptors (Lipinski definition) is 7. The van der Waals surface area contributed by atoms with Gasteiger partial charge in [0.25, 0.3) is 0 Å². The van der Waals surface area contributed by atoms with Crippen LogP contribution in [-0.2, 0) is 9.59 Å². The molecule has 2 rings (SSSR count). The number of thioether (sulfide) groups is 1. The molecule has 0 unspecified atom stereocenters. The van der Waals surface area contributed by atoms with Gasteiger partial charge in [0.1, 0.15) is 5.75 Å². The first-order valence-corrected chi connectivity index (χ1v) is 10.5. The SMILES string of the molecule is CCC(CC)C(=O)Nc1nnc(SCC(=O)Nc2cc(Cl)ccc2OC)s1. The Balaban J connectivity index is 1.88. The average Bonchev–Trinajstić information content (AvgIpc) is 3.08. The summed E-state index contributed by atoms with van der Waals surface area (Å²) < 4.78 is 5.80. The highest BCUT2D eigenvalue weighted by molar-refractivity contribution is 8.01. The standard InChI is InChI=1S/C17H21ClN4O3S2/c1-4-10(5-2)15(24)20-16-21-22-17(27-16)26-9-14(23)19-12-8-11(18)6-7-13(12)25-3/h6-8,10H,4-5,9H2,1-3H3,(H,19,23)(H,20,21,24). The van der Waals surface area contributed by atoms with Crippen LogP contribution in [-0.4, -0.2) is 34.9 Å². The van der Waals surface area contributed by atoms with Crippen LogP contribution in [0.1, 0.15) is 26.7 Å². The lowest BCUT2D eigenvalue weighted by atomic mass is 10.0. The number of amides is 2. The fourth-order valence-corrected chi connectivity index (χ4v) is 4.00. The summed E-state index contributed by atoms with van der Waals surface area (Å²) in [5, 5.41) is 14.4. The van der Waals surface area contributed by atoms with Crippen molar-refractivity contribution in [1.82, 2.24) is 10.2 Å². The maximum atomic E-state index is 12.2. The number of benzene rings is 1. The van der Waals surface area contributed by atoms with Gasteiger partial charge in [0.2, 0.25) is 16.9 Å². The summed E-state index contributed by atoms with van der Waals surface area (Å²) in [6.07, 6.45) is 1.55. The molecule has 7 nitrogen and oxygen atoms in total. The molecule has 0 aliphatic heterocycles. The Kier molecular flexibility index (Phi) is 8.33. The van der Waals surface area contributed by atoms with E-state index in [0.29, 0.717) is 25.9 Å². The highest BCUT2D eigenvalue weighted by Gasteiger charge is 2.17. The molecule has 0 fully saturated rings. The zero-order valence-electron chi connectivity index (χ0n) is 15.2. The van der Waals surface area contributed by atoms with Gasteiger partial charge < -0.3 is 15.4 Å². The molecule has 0 bridgehead atoms. The van der Waals surface area contributed by atoms with Gasteiger partial charge in [0, 0.05) is 10.9 Å². The van der Waals surface area contributed by atoms with Crippen LogP contribution in [0.5, 0.6) is 5.75 Å². The molecule has 146 valence electrons. The van der Waals surface area contributed by atoms with E-state index in [1.54, 1.807) is 18.2 Å². The minimum Gasteiger partial charge on any atom is -0.495 e. The van der Waals surface area contributed by atoms with Crippen LogP contribution in [0, 0.1) is 5.92 Å². The molecule has 0 atom stereocenters. The minimum atomic E-state index is -0.224. The quantitative estimate of drug-likeness (QED) is 0.456. The topological polar surface area (TPSA) is 93.2 Å². The second kappa shape index (κ2) is 10.5. The summed E-state index contributed by atoms with van der Waals surface area (Å²) in [7, 11) is 1.52. The van der Waals surface area contributed by atoms with Crippen molar-refractivity contribution in [2.45, 2.75) is 31.0 Å². The van der Waals surface area contributed by atoms with Crippen molar-refractivity contribution in [2.75, 3.05) is 23.5 Å². The molecule has 0 saturated carbocycles. The van der Waals surface area contributed by atoms with Crippen molar-refractivity contribution >= 4 is 57.3 Å². The molecule has 27 heavy (non-hydrogen) atoms. The van der Waals surface area contributed by atoms with Crippen molar-refractivity contribution < 1.29 is 14.3 Å². The van der Waals surface area contributed by atoms with E-state index >= 15 is 0 Å². The predicted molar refractivity (Wildman–Crippen MR) is 110 cm³/mol. The smallest absolute Gasteiger partial charge is 0.234 e. The summed E-state index contributed by atoms with van der Waals surface area (Å²) in [6.45, 7) is 3.95. The number of carbonyl (C=O) groups excluding carboxylic acids is 2. The molecule has 10 heteroatoms. The van der Waals surface area contributed by atoms with Gasteiger partial charge in [0.05, 0.1) is 18.6 Å². The molecule has 0 aliphatic carbocycles. The fourth-order valence-electron chi connectivity index (χ4n) is 2.28. The summed E-state index contributed by atoms with van der Waals surface area (Å²) in [4.78, 5) is 24.2. The number of hydrogen-bond donors (Lipinski definition) is 2.